The molecule has 0 N–H and O–H groups in total. The molecule has 0 spiro atoms. The van der Waals surface area contributed by atoms with Crippen molar-refractivity contribution in [2.24, 2.45) is 0 Å². The third-order valence-electron chi connectivity index (χ3n) is 16.8. The number of unbranched alkanes of at least 4 members (excludes halogenated alkanes) is 17. The fourth-order valence-corrected chi connectivity index (χ4v) is 11.9. The molecule has 3 aromatic rings. The van der Waals surface area contributed by atoms with E-state index in [4.69, 9.17) is 37.9 Å². The summed E-state index contributed by atoms with van der Waals surface area (Å²) in [6, 6.07) is 19.2. The average molecular weight is 1260 g/mol. The lowest BCUT2D eigenvalue weighted by Crippen LogP contribution is -2.53. The van der Waals surface area contributed by atoms with Crippen LogP contribution in [-0.4, -0.2) is 100 Å². The van der Waals surface area contributed by atoms with Crippen LogP contribution in [0.15, 0.2) is 103 Å². The average Bonchev–Trinajstić information content (AvgIpc) is 2.01. The Morgan fingerprint density at radius 3 is 1.09 bits per heavy atom. The molecule has 9 atom stereocenters. The van der Waals surface area contributed by atoms with Gasteiger partial charge in [-0.3, -0.25) is 0 Å². The Balaban J connectivity index is 1.24. The maximum Gasteiger partial charge on any atom is 0.432 e. The zero-order valence-corrected chi connectivity index (χ0v) is 51.4. The number of carbonyl (C=O) groups excluding carboxylic acids is 4. The minimum Gasteiger partial charge on any atom is -0.460 e. The van der Waals surface area contributed by atoms with Crippen molar-refractivity contribution in [3.05, 3.63) is 119 Å². The molecule has 0 amide bonds. The van der Waals surface area contributed by atoms with Crippen molar-refractivity contribution in [3.63, 3.8) is 0 Å². The van der Waals surface area contributed by atoms with E-state index in [1.807, 2.05) is 0 Å². The molecule has 2 aliphatic rings. The molecule has 12 nitrogen and oxygen atoms in total. The van der Waals surface area contributed by atoms with Crippen molar-refractivity contribution in [2.75, 3.05) is 21.3 Å². The van der Waals surface area contributed by atoms with Crippen molar-refractivity contribution in [1.29, 1.82) is 0 Å². The normalized spacial score (nSPS) is 19.5. The fourth-order valence-electron chi connectivity index (χ4n) is 11.9. The Morgan fingerprint density at radius 1 is 0.466 bits per heavy atom. The lowest BCUT2D eigenvalue weighted by Gasteiger charge is -2.36. The number of hydrogen-bond acceptors (Lipinski definition) is 12. The number of rotatable bonds is 40. The van der Waals surface area contributed by atoms with E-state index in [9.17, 15) is 32.3 Å². The summed E-state index contributed by atoms with van der Waals surface area (Å²) < 4.78 is 179. The summed E-state index contributed by atoms with van der Waals surface area (Å²) in [7, 11) is 2.32. The second kappa shape index (κ2) is 35.2. The highest BCUT2D eigenvalue weighted by atomic mass is 19.4. The molecule has 0 aromatic heterocycles. The molecule has 0 bridgehead atoms. The summed E-state index contributed by atoms with van der Waals surface area (Å²) in [4.78, 5) is 54.3. The van der Waals surface area contributed by atoms with Crippen LogP contribution >= 0.6 is 0 Å². The van der Waals surface area contributed by atoms with Crippen molar-refractivity contribution < 1.29 is 96.6 Å². The Hall–Kier alpha value is -5.51. The molecule has 1 fully saturated rings. The summed E-state index contributed by atoms with van der Waals surface area (Å²) in [5, 5.41) is 0. The predicted molar refractivity (Wildman–Crippen MR) is 311 cm³/mol. The van der Waals surface area contributed by atoms with Crippen LogP contribution in [0.1, 0.15) is 197 Å². The lowest BCUT2D eigenvalue weighted by atomic mass is 9.92. The van der Waals surface area contributed by atoms with Gasteiger partial charge in [-0.15, -0.1) is 0 Å². The summed E-state index contributed by atoms with van der Waals surface area (Å²) in [6.07, 6.45) is -4.05. The van der Waals surface area contributed by atoms with Gasteiger partial charge in [0.2, 0.25) is 0 Å². The molecule has 1 saturated heterocycles. The smallest absolute Gasteiger partial charge is 0.432 e. The highest BCUT2D eigenvalue weighted by Crippen LogP contribution is 2.47. The van der Waals surface area contributed by atoms with E-state index in [1.54, 1.807) is 13.0 Å². The standard InChI is InChI=1S/C67H89F9O12/c1-6-7-8-9-10-11-14-17-20-32-41-54(87-60(79)63(82-4,66(71,72)73)51-36-27-23-28-37-51)56-45-46-57(86-56)55(88-61(80)64(83-5,67(74,75)76)52-38-29-24-30-39-52)42-33-21-18-15-12-13-16-19-31-40-53(44-43-49-47-48(2)84-58(49)77)85-59(78)62(81-3,65(68,69)70)50-34-25-22-26-35-50/h22-30,34-39,47-48,53-57H,6-21,31-33,40-46H2,1-5H3/t48-,53-,54+,55+,56+,57+,62+,63+,64+/m0/s1. The van der Waals surface area contributed by atoms with E-state index in [0.29, 0.717) is 50.5 Å². The third-order valence-corrected chi connectivity index (χ3v) is 16.8. The van der Waals surface area contributed by atoms with Gasteiger partial charge in [-0.05, 0) is 77.2 Å². The second-order valence-corrected chi connectivity index (χ2v) is 23.0. The predicted octanol–water partition coefficient (Wildman–Crippen LogP) is 16.8. The van der Waals surface area contributed by atoms with Gasteiger partial charge in [0.1, 0.15) is 24.4 Å². The van der Waals surface area contributed by atoms with Gasteiger partial charge >= 0.3 is 42.4 Å². The largest absolute Gasteiger partial charge is 0.460 e. The Labute approximate surface area is 512 Å². The minimum absolute atomic E-state index is 0.0381. The van der Waals surface area contributed by atoms with Crippen LogP contribution in [0, 0.1) is 0 Å². The summed E-state index contributed by atoms with van der Waals surface area (Å²) >= 11 is 0. The molecular weight excluding hydrogens is 1170 g/mol. The molecule has 3 aromatic carbocycles. The minimum atomic E-state index is -5.29. The zero-order chi connectivity index (χ0) is 64.4. The first-order chi connectivity index (χ1) is 42.0. The van der Waals surface area contributed by atoms with Crippen LogP contribution in [0.5, 0.6) is 0 Å². The van der Waals surface area contributed by atoms with Gasteiger partial charge in [-0.1, -0.05) is 201 Å². The quantitative estimate of drug-likeness (QED) is 0.0231. The van der Waals surface area contributed by atoms with E-state index in [-0.39, 0.29) is 44.9 Å². The molecule has 2 aliphatic heterocycles. The Kier molecular flexibility index (Phi) is 29.3. The molecule has 0 unspecified atom stereocenters. The van der Waals surface area contributed by atoms with E-state index in [0.717, 1.165) is 128 Å². The number of esters is 4. The van der Waals surface area contributed by atoms with Crippen LogP contribution in [0.25, 0.3) is 0 Å². The number of hydrogen-bond donors (Lipinski definition) is 0. The van der Waals surface area contributed by atoms with E-state index < -0.39 is 113 Å². The maximum atomic E-state index is 15.2. The van der Waals surface area contributed by atoms with Gasteiger partial charge in [0.15, 0.2) is 0 Å². The van der Waals surface area contributed by atoms with Gasteiger partial charge in [0, 0.05) is 43.6 Å². The molecular formula is C67H89F9O12. The van der Waals surface area contributed by atoms with Crippen LogP contribution in [0.3, 0.4) is 0 Å². The maximum absolute atomic E-state index is 15.2. The van der Waals surface area contributed by atoms with Gasteiger partial charge in [0.05, 0.1) is 12.2 Å². The number of benzene rings is 3. The summed E-state index contributed by atoms with van der Waals surface area (Å²) in [5.74, 6) is -5.60. The molecule has 21 heteroatoms. The van der Waals surface area contributed by atoms with Crippen molar-refractivity contribution in [3.8, 4) is 0 Å². The molecule has 5 rings (SSSR count). The van der Waals surface area contributed by atoms with Crippen LogP contribution in [0.4, 0.5) is 39.5 Å². The number of ether oxygens (including phenoxy) is 8. The monoisotopic (exact) mass is 1260 g/mol. The van der Waals surface area contributed by atoms with Crippen molar-refractivity contribution >= 4 is 23.9 Å². The molecule has 88 heavy (non-hydrogen) atoms. The van der Waals surface area contributed by atoms with Gasteiger partial charge < -0.3 is 37.9 Å². The topological polar surface area (TPSA) is 142 Å². The second-order valence-electron chi connectivity index (χ2n) is 23.0. The summed E-state index contributed by atoms with van der Waals surface area (Å²) in [6.45, 7) is 3.82. The van der Waals surface area contributed by atoms with E-state index >= 15 is 26.3 Å². The number of carbonyl (C=O) groups is 4. The first-order valence-corrected chi connectivity index (χ1v) is 31.2. The molecule has 0 radical (unpaired) electrons. The first kappa shape index (κ1) is 73.2. The van der Waals surface area contributed by atoms with Crippen LogP contribution in [0.2, 0.25) is 0 Å². The summed E-state index contributed by atoms with van der Waals surface area (Å²) in [5.41, 5.74) is -11.5. The molecule has 2 heterocycles. The first-order valence-electron chi connectivity index (χ1n) is 31.2. The van der Waals surface area contributed by atoms with E-state index in [2.05, 4.69) is 6.92 Å². The number of cyclic esters (lactones) is 1. The molecule has 492 valence electrons. The van der Waals surface area contributed by atoms with Crippen molar-refractivity contribution in [2.45, 2.75) is 253 Å². The highest BCUT2D eigenvalue weighted by molar-refractivity contribution is 5.91. The number of methoxy groups -OCH3 is 3. The molecule has 0 saturated carbocycles. The number of alkyl halides is 9. The van der Waals surface area contributed by atoms with Crippen LogP contribution in [-0.2, 0) is 73.9 Å². The third kappa shape index (κ3) is 19.3. The fraction of sp³-hybridized carbons (Fsp3) is 0.642. The lowest BCUT2D eigenvalue weighted by molar-refractivity contribution is -0.281. The SMILES string of the molecule is CCCCCCCCCCCC[C@@H](OC(=O)[C@](OC)(c1ccccc1)C(F)(F)F)[C@H]1CC[C@H]([C@@H](CCCCCCCCCCC[C@@H](CCC2=C[C@H](C)OC2=O)OC(=O)[C@](OC)(c2ccccc2)C(F)(F)F)OC(=O)[C@](OC)(c2ccccc2)C(F)(F)F)O1. The zero-order valence-electron chi connectivity index (χ0n) is 51.4. The van der Waals surface area contributed by atoms with E-state index in [1.165, 1.54) is 61.0 Å². The highest BCUT2D eigenvalue weighted by Gasteiger charge is 2.67. The molecule has 0 aliphatic carbocycles. The van der Waals surface area contributed by atoms with Gasteiger partial charge in [-0.2, -0.15) is 39.5 Å². The van der Waals surface area contributed by atoms with Gasteiger partial charge in [0.25, 0.3) is 16.8 Å². The van der Waals surface area contributed by atoms with Crippen LogP contribution < -0.4 is 0 Å². The van der Waals surface area contributed by atoms with Gasteiger partial charge in [-0.25, -0.2) is 19.2 Å². The Morgan fingerprint density at radius 2 is 0.784 bits per heavy atom. The number of halogens is 9. The van der Waals surface area contributed by atoms with Crippen molar-refractivity contribution in [1.82, 2.24) is 0 Å². The Bertz CT molecular complexity index is 2580.